The zero-order valence-electron chi connectivity index (χ0n) is 44.9. The molecule has 400 valence electrons. The van der Waals surface area contributed by atoms with Gasteiger partial charge in [0.15, 0.2) is 0 Å². The first-order valence-corrected chi connectivity index (χ1v) is 26.8. The van der Waals surface area contributed by atoms with Gasteiger partial charge in [-0.3, -0.25) is 4.79 Å². The Morgan fingerprint density at radius 1 is 0.855 bits per heavy atom. The topological polar surface area (TPSA) is 192 Å². The average molecular weight is 977 g/mol. The number of hydrogen-bond donors (Lipinski definition) is 6. The summed E-state index contributed by atoms with van der Waals surface area (Å²) in [5.41, 5.74) is -0.410. The van der Waals surface area contributed by atoms with Crippen LogP contribution in [0.15, 0.2) is 47.8 Å². The molecule has 1 saturated heterocycles. The van der Waals surface area contributed by atoms with E-state index in [1.807, 2.05) is 6.92 Å². The minimum Gasteiger partial charge on any atom is -0.497 e. The van der Waals surface area contributed by atoms with Gasteiger partial charge in [0.2, 0.25) is 0 Å². The molecule has 0 amide bonds. The number of rotatable bonds is 31. The van der Waals surface area contributed by atoms with E-state index in [4.69, 9.17) is 18.9 Å². The molecule has 0 radical (unpaired) electrons. The van der Waals surface area contributed by atoms with Crippen molar-refractivity contribution in [3.8, 4) is 0 Å². The van der Waals surface area contributed by atoms with Gasteiger partial charge in [0.05, 0.1) is 43.7 Å². The van der Waals surface area contributed by atoms with Crippen molar-refractivity contribution < 1.29 is 59.2 Å². The summed E-state index contributed by atoms with van der Waals surface area (Å²) < 4.78 is 23.6. The van der Waals surface area contributed by atoms with E-state index in [2.05, 4.69) is 33.9 Å². The smallest absolute Gasteiger partial charge is 0.331 e. The van der Waals surface area contributed by atoms with E-state index in [1.54, 1.807) is 40.7 Å². The van der Waals surface area contributed by atoms with Gasteiger partial charge >= 0.3 is 11.9 Å². The molecule has 2 aliphatic rings. The molecule has 0 aromatic carbocycles. The zero-order chi connectivity index (χ0) is 51.9. The van der Waals surface area contributed by atoms with Crippen LogP contribution < -0.4 is 0 Å². The second-order valence-corrected chi connectivity index (χ2v) is 22.4. The molecule has 12 nitrogen and oxygen atoms in total. The van der Waals surface area contributed by atoms with Crippen molar-refractivity contribution in [3.05, 3.63) is 47.8 Å². The van der Waals surface area contributed by atoms with E-state index in [9.17, 15) is 40.2 Å². The lowest BCUT2D eigenvalue weighted by Gasteiger charge is -2.38. The van der Waals surface area contributed by atoms with Gasteiger partial charge in [-0.1, -0.05) is 149 Å². The van der Waals surface area contributed by atoms with Gasteiger partial charge in [0, 0.05) is 49.5 Å². The van der Waals surface area contributed by atoms with Crippen molar-refractivity contribution >= 4 is 11.9 Å². The van der Waals surface area contributed by atoms with Crippen molar-refractivity contribution in [3.63, 3.8) is 0 Å². The fraction of sp³-hybridized carbons (Fsp3) is 0.825. The maximum atomic E-state index is 13.1. The van der Waals surface area contributed by atoms with Crippen molar-refractivity contribution in [1.82, 2.24) is 0 Å². The molecule has 13 atom stereocenters. The number of allylic oxidation sites excluding steroid dienone is 2. The van der Waals surface area contributed by atoms with Crippen LogP contribution in [0.2, 0.25) is 0 Å². The third-order valence-electron chi connectivity index (χ3n) is 15.2. The molecule has 0 aromatic rings. The number of aliphatic hydroxyl groups is 6. The molecular weight excluding hydrogens is 877 g/mol. The molecule has 2 heterocycles. The summed E-state index contributed by atoms with van der Waals surface area (Å²) in [6.45, 7) is 24.7. The molecule has 2 aliphatic heterocycles. The summed E-state index contributed by atoms with van der Waals surface area (Å²) in [4.78, 5) is 26.2. The molecule has 10 unspecified atom stereocenters. The summed E-state index contributed by atoms with van der Waals surface area (Å²) in [5, 5.41) is 68.3. The lowest BCUT2D eigenvalue weighted by molar-refractivity contribution is -0.164. The summed E-state index contributed by atoms with van der Waals surface area (Å²) in [6, 6.07) is 0. The lowest BCUT2D eigenvalue weighted by Crippen LogP contribution is -2.48. The van der Waals surface area contributed by atoms with Crippen LogP contribution >= 0.6 is 0 Å². The highest BCUT2D eigenvalue weighted by Gasteiger charge is 2.52. The number of carbonyl (C=O) groups excluding carboxylic acids is 2. The molecule has 0 saturated carbocycles. The van der Waals surface area contributed by atoms with Crippen LogP contribution in [0.1, 0.15) is 210 Å². The van der Waals surface area contributed by atoms with E-state index in [0.717, 1.165) is 31.3 Å². The Morgan fingerprint density at radius 2 is 1.41 bits per heavy atom. The van der Waals surface area contributed by atoms with Gasteiger partial charge in [-0.15, -0.1) is 0 Å². The second-order valence-electron chi connectivity index (χ2n) is 22.4. The SMILES string of the molecule is C=C(CC(CC(O)C(C)C(O)CC(O)C(C)(C)C(O)C/C(C)=C/C(O)[C@@]1(C)O[C@H]2CC(C)CC(O)CC(C)C/C(C)=C/C(=O)O[C@@H]1C2)OC(=O)CCCCCCCCCCCCCCC)C(=C)OC. The normalized spacial score (nSPS) is 26.8. The minimum absolute atomic E-state index is 0.0220. The molecule has 2 rings (SSSR count). The number of unbranched alkanes of at least 4 members (excludes halogenated alkanes) is 12. The summed E-state index contributed by atoms with van der Waals surface area (Å²) in [7, 11) is 1.48. The van der Waals surface area contributed by atoms with Crippen LogP contribution in [-0.4, -0.2) is 110 Å². The van der Waals surface area contributed by atoms with Crippen molar-refractivity contribution in [1.29, 1.82) is 0 Å². The van der Waals surface area contributed by atoms with Gasteiger partial charge < -0.3 is 49.6 Å². The quantitative estimate of drug-likeness (QED) is 0.0127. The number of aliphatic hydroxyl groups excluding tert-OH is 6. The van der Waals surface area contributed by atoms with Gasteiger partial charge in [-0.25, -0.2) is 4.79 Å². The van der Waals surface area contributed by atoms with Crippen LogP contribution in [0.4, 0.5) is 0 Å². The number of carbonyl (C=O) groups is 2. The first kappa shape index (κ1) is 62.5. The summed E-state index contributed by atoms with van der Waals surface area (Å²) in [5.74, 6) is -0.916. The van der Waals surface area contributed by atoms with Crippen LogP contribution in [0, 0.1) is 23.2 Å². The van der Waals surface area contributed by atoms with E-state index in [0.29, 0.717) is 49.0 Å². The van der Waals surface area contributed by atoms with Crippen molar-refractivity contribution in [2.75, 3.05) is 7.11 Å². The zero-order valence-corrected chi connectivity index (χ0v) is 44.9. The van der Waals surface area contributed by atoms with Gasteiger partial charge in [-0.2, -0.15) is 0 Å². The number of esters is 2. The highest BCUT2D eigenvalue weighted by Crippen LogP contribution is 2.41. The predicted molar refractivity (Wildman–Crippen MR) is 275 cm³/mol. The Morgan fingerprint density at radius 3 is 1.99 bits per heavy atom. The third-order valence-corrected chi connectivity index (χ3v) is 15.2. The summed E-state index contributed by atoms with van der Waals surface area (Å²) >= 11 is 0. The fourth-order valence-electron chi connectivity index (χ4n) is 10.2. The Bertz CT molecular complexity index is 1590. The van der Waals surface area contributed by atoms with Gasteiger partial charge in [0.1, 0.15) is 29.7 Å². The van der Waals surface area contributed by atoms with Gasteiger partial charge in [-0.05, 0) is 76.7 Å². The standard InChI is InChI=1S/C57H100O12/c1-13-14-15-16-17-18-19-20-21-22-23-24-25-26-54(64)67-46(34-42(6)44(8)66-12)35-48(59)43(7)49(60)37-51(62)56(9,10)50(61)31-41(5)32-52(63)57(11)53-36-47(69-57)30-40(4)29-45(58)28-38(2)27-39(3)33-55(65)68-53/h32-33,38,40,43,45-53,58-63H,6,8,13-31,34-37H2,1-5,7,9-12H3/b39-33+,41-32+/t38?,40?,43?,45?,46?,47-,48?,49?,50?,51?,52?,53+,57+/m0/s1. The third kappa shape index (κ3) is 22.8. The summed E-state index contributed by atoms with van der Waals surface area (Å²) in [6.07, 6.45) is 14.0. The average Bonchev–Trinajstić information content (AvgIpc) is 3.57. The van der Waals surface area contributed by atoms with E-state index in [1.165, 1.54) is 71.0 Å². The first-order chi connectivity index (χ1) is 32.4. The number of fused-ring (bicyclic) bond motifs is 2. The van der Waals surface area contributed by atoms with Crippen LogP contribution in [0.3, 0.4) is 0 Å². The molecule has 0 spiro atoms. The molecule has 0 aromatic heterocycles. The highest BCUT2D eigenvalue weighted by atomic mass is 16.6. The van der Waals surface area contributed by atoms with Crippen molar-refractivity contribution in [2.24, 2.45) is 23.2 Å². The fourth-order valence-corrected chi connectivity index (χ4v) is 10.2. The minimum atomic E-state index is -1.29. The first-order valence-electron chi connectivity index (χ1n) is 26.8. The second kappa shape index (κ2) is 31.8. The maximum absolute atomic E-state index is 13.1. The van der Waals surface area contributed by atoms with Crippen molar-refractivity contribution in [2.45, 2.75) is 271 Å². The molecule has 6 N–H and O–H groups in total. The molecule has 0 aliphatic carbocycles. The molecule has 1 fully saturated rings. The number of hydrogen-bond acceptors (Lipinski definition) is 12. The maximum Gasteiger partial charge on any atom is 0.331 e. The Kier molecular flexibility index (Phi) is 28.8. The molecule has 69 heavy (non-hydrogen) atoms. The monoisotopic (exact) mass is 977 g/mol. The van der Waals surface area contributed by atoms with E-state index < -0.39 is 71.7 Å². The van der Waals surface area contributed by atoms with Crippen LogP contribution in [0.25, 0.3) is 0 Å². The van der Waals surface area contributed by atoms with Gasteiger partial charge in [0.25, 0.3) is 0 Å². The van der Waals surface area contributed by atoms with Crippen LogP contribution in [0.5, 0.6) is 0 Å². The lowest BCUT2D eigenvalue weighted by atomic mass is 9.75. The number of methoxy groups -OCH3 is 1. The van der Waals surface area contributed by atoms with E-state index >= 15 is 0 Å². The number of ether oxygens (including phenoxy) is 4. The molecular formula is C57H100O12. The largest absolute Gasteiger partial charge is 0.497 e. The Hall–Kier alpha value is -2.58. The van der Waals surface area contributed by atoms with E-state index in [-0.39, 0.29) is 56.0 Å². The Balaban J connectivity index is 2.00. The molecule has 12 heteroatoms. The highest BCUT2D eigenvalue weighted by molar-refractivity contribution is 5.83. The van der Waals surface area contributed by atoms with Crippen LogP contribution in [-0.2, 0) is 28.5 Å². The molecule has 2 bridgehead atoms. The predicted octanol–water partition coefficient (Wildman–Crippen LogP) is 10.7. The Labute approximate surface area is 418 Å².